The van der Waals surface area contributed by atoms with Crippen molar-refractivity contribution in [2.24, 2.45) is 0 Å². The van der Waals surface area contributed by atoms with Crippen molar-refractivity contribution in [2.45, 2.75) is 0 Å². The maximum absolute atomic E-state index is 11.7. The van der Waals surface area contributed by atoms with E-state index >= 15 is 0 Å². The minimum absolute atomic E-state index is 0.326. The molecule has 3 rings (SSSR count). The number of cyclic esters (lactones) is 1. The third kappa shape index (κ3) is 2.01. The van der Waals surface area contributed by atoms with Gasteiger partial charge in [-0.15, -0.1) is 0 Å². The molecule has 1 heterocycles. The lowest BCUT2D eigenvalue weighted by atomic mass is 10.1. The van der Waals surface area contributed by atoms with Crippen molar-refractivity contribution >= 4 is 23.5 Å². The van der Waals surface area contributed by atoms with Gasteiger partial charge in [-0.2, -0.15) is 0 Å². The summed E-state index contributed by atoms with van der Waals surface area (Å²) in [5.41, 5.74) is 8.64. The molecule has 2 aromatic rings. The number of methoxy groups -OCH3 is 1. The van der Waals surface area contributed by atoms with Gasteiger partial charge < -0.3 is 15.2 Å². The first kappa shape index (κ1) is 12.3. The highest BCUT2D eigenvalue weighted by molar-refractivity contribution is 6.05. The highest BCUT2D eigenvalue weighted by Crippen LogP contribution is 2.32. The second-order valence-electron chi connectivity index (χ2n) is 4.45. The predicted molar refractivity (Wildman–Crippen MR) is 77.1 cm³/mol. The molecular formula is C16H13NO3. The molecule has 0 saturated heterocycles. The molecule has 0 bridgehead atoms. The van der Waals surface area contributed by atoms with E-state index in [0.717, 1.165) is 11.1 Å². The van der Waals surface area contributed by atoms with Gasteiger partial charge in [-0.1, -0.05) is 24.3 Å². The SMILES string of the molecule is COc1ccc(/C=C2/OC(=O)c3ccccc32)cc1N. The molecule has 100 valence electrons. The molecule has 0 atom stereocenters. The van der Waals surface area contributed by atoms with Crippen molar-refractivity contribution in [2.75, 3.05) is 12.8 Å². The number of hydrogen-bond acceptors (Lipinski definition) is 4. The molecule has 4 nitrogen and oxygen atoms in total. The Morgan fingerprint density at radius 3 is 2.60 bits per heavy atom. The van der Waals surface area contributed by atoms with Gasteiger partial charge in [-0.3, -0.25) is 0 Å². The Morgan fingerprint density at radius 1 is 1.15 bits per heavy atom. The first-order valence-electron chi connectivity index (χ1n) is 6.16. The minimum atomic E-state index is -0.326. The normalized spacial score (nSPS) is 15.1. The maximum atomic E-state index is 11.7. The number of nitrogen functional groups attached to an aromatic ring is 1. The minimum Gasteiger partial charge on any atom is -0.495 e. The molecule has 0 radical (unpaired) electrons. The predicted octanol–water partition coefficient (Wildman–Crippen LogP) is 2.95. The van der Waals surface area contributed by atoms with Gasteiger partial charge in [0.15, 0.2) is 0 Å². The van der Waals surface area contributed by atoms with Crippen molar-refractivity contribution in [3.05, 3.63) is 59.2 Å². The molecule has 2 aromatic carbocycles. The smallest absolute Gasteiger partial charge is 0.344 e. The Kier molecular flexibility index (Phi) is 2.91. The van der Waals surface area contributed by atoms with Crippen LogP contribution in [0.25, 0.3) is 11.8 Å². The van der Waals surface area contributed by atoms with E-state index in [9.17, 15) is 4.79 Å². The molecule has 20 heavy (non-hydrogen) atoms. The topological polar surface area (TPSA) is 61.5 Å². The summed E-state index contributed by atoms with van der Waals surface area (Å²) in [5, 5.41) is 0. The quantitative estimate of drug-likeness (QED) is 0.671. The van der Waals surface area contributed by atoms with Crippen molar-refractivity contribution in [3.8, 4) is 5.75 Å². The maximum Gasteiger partial charge on any atom is 0.344 e. The van der Waals surface area contributed by atoms with Gasteiger partial charge >= 0.3 is 5.97 Å². The molecule has 4 heteroatoms. The lowest BCUT2D eigenvalue weighted by Gasteiger charge is -2.05. The average Bonchev–Trinajstić information content (AvgIpc) is 2.76. The highest BCUT2D eigenvalue weighted by Gasteiger charge is 2.25. The zero-order valence-corrected chi connectivity index (χ0v) is 10.9. The zero-order valence-electron chi connectivity index (χ0n) is 10.9. The van der Waals surface area contributed by atoms with E-state index in [2.05, 4.69) is 0 Å². The summed E-state index contributed by atoms with van der Waals surface area (Å²) in [6.45, 7) is 0. The van der Waals surface area contributed by atoms with Crippen LogP contribution in [0.4, 0.5) is 5.69 Å². The fourth-order valence-electron chi connectivity index (χ4n) is 2.19. The molecule has 1 aliphatic rings. The highest BCUT2D eigenvalue weighted by atomic mass is 16.5. The van der Waals surface area contributed by atoms with Gasteiger partial charge in [-0.05, 0) is 29.8 Å². The van der Waals surface area contributed by atoms with Crippen LogP contribution in [-0.4, -0.2) is 13.1 Å². The third-order valence-corrected chi connectivity index (χ3v) is 3.17. The number of esters is 1. The van der Waals surface area contributed by atoms with Gasteiger partial charge in [-0.25, -0.2) is 4.79 Å². The molecule has 0 aromatic heterocycles. The number of fused-ring (bicyclic) bond motifs is 1. The van der Waals surface area contributed by atoms with E-state index in [-0.39, 0.29) is 5.97 Å². The van der Waals surface area contributed by atoms with Crippen LogP contribution < -0.4 is 10.5 Å². The molecule has 1 aliphatic heterocycles. The van der Waals surface area contributed by atoms with Gasteiger partial charge in [0.05, 0.1) is 18.4 Å². The van der Waals surface area contributed by atoms with Crippen LogP contribution in [0, 0.1) is 0 Å². The van der Waals surface area contributed by atoms with E-state index in [4.69, 9.17) is 15.2 Å². The van der Waals surface area contributed by atoms with E-state index < -0.39 is 0 Å². The number of rotatable bonds is 2. The summed E-state index contributed by atoms with van der Waals surface area (Å²) in [5.74, 6) is 0.833. The number of nitrogens with two attached hydrogens (primary N) is 1. The van der Waals surface area contributed by atoms with Crippen molar-refractivity contribution in [3.63, 3.8) is 0 Å². The van der Waals surface area contributed by atoms with Gasteiger partial charge in [0.25, 0.3) is 0 Å². The first-order chi connectivity index (χ1) is 9.69. The van der Waals surface area contributed by atoms with Crippen LogP contribution in [0.5, 0.6) is 5.75 Å². The molecule has 0 saturated carbocycles. The summed E-state index contributed by atoms with van der Waals surface area (Å²) in [6.07, 6.45) is 1.79. The zero-order chi connectivity index (χ0) is 14.1. The number of ether oxygens (including phenoxy) is 2. The summed E-state index contributed by atoms with van der Waals surface area (Å²) in [6, 6.07) is 12.7. The second-order valence-corrected chi connectivity index (χ2v) is 4.45. The molecular weight excluding hydrogens is 254 g/mol. The molecule has 0 amide bonds. The van der Waals surface area contributed by atoms with Crippen LogP contribution in [0.2, 0.25) is 0 Å². The Balaban J connectivity index is 2.02. The average molecular weight is 267 g/mol. The monoisotopic (exact) mass is 267 g/mol. The molecule has 0 spiro atoms. The van der Waals surface area contributed by atoms with Gasteiger partial charge in [0.2, 0.25) is 0 Å². The van der Waals surface area contributed by atoms with Crippen LogP contribution in [0.3, 0.4) is 0 Å². The van der Waals surface area contributed by atoms with Crippen LogP contribution >= 0.6 is 0 Å². The molecule has 2 N–H and O–H groups in total. The van der Waals surface area contributed by atoms with Gasteiger partial charge in [0, 0.05) is 5.56 Å². The number of hydrogen-bond donors (Lipinski definition) is 1. The van der Waals surface area contributed by atoms with Crippen molar-refractivity contribution in [1.82, 2.24) is 0 Å². The fraction of sp³-hybridized carbons (Fsp3) is 0.0625. The second kappa shape index (κ2) is 4.74. The van der Waals surface area contributed by atoms with Gasteiger partial charge in [0.1, 0.15) is 11.5 Å². The summed E-state index contributed by atoms with van der Waals surface area (Å²) in [4.78, 5) is 11.7. The molecule has 0 fully saturated rings. The standard InChI is InChI=1S/C16H13NO3/c1-19-14-7-6-10(8-13(14)17)9-15-11-4-2-3-5-12(11)16(18)20-15/h2-9H,17H2,1H3/b15-9+. The Morgan fingerprint density at radius 2 is 1.90 bits per heavy atom. The van der Waals surface area contributed by atoms with E-state index in [1.807, 2.05) is 24.3 Å². The Labute approximate surface area is 116 Å². The molecule has 0 aliphatic carbocycles. The third-order valence-electron chi connectivity index (χ3n) is 3.17. The van der Waals surface area contributed by atoms with Crippen LogP contribution in [-0.2, 0) is 4.74 Å². The lowest BCUT2D eigenvalue weighted by Crippen LogP contribution is -1.93. The van der Waals surface area contributed by atoms with E-state index in [1.54, 1.807) is 31.4 Å². The Hall–Kier alpha value is -2.75. The lowest BCUT2D eigenvalue weighted by molar-refractivity contribution is 0.0717. The largest absolute Gasteiger partial charge is 0.495 e. The van der Waals surface area contributed by atoms with Crippen LogP contribution in [0.1, 0.15) is 21.5 Å². The summed E-state index contributed by atoms with van der Waals surface area (Å²) in [7, 11) is 1.57. The van der Waals surface area contributed by atoms with Crippen LogP contribution in [0.15, 0.2) is 42.5 Å². The number of anilines is 1. The number of benzene rings is 2. The van der Waals surface area contributed by atoms with Crippen molar-refractivity contribution < 1.29 is 14.3 Å². The molecule has 0 unspecified atom stereocenters. The first-order valence-corrected chi connectivity index (χ1v) is 6.16. The summed E-state index contributed by atoms with van der Waals surface area (Å²) >= 11 is 0. The number of carbonyl (C=O) groups excluding carboxylic acids is 1. The summed E-state index contributed by atoms with van der Waals surface area (Å²) < 4.78 is 10.4. The Bertz CT molecular complexity index is 719. The number of carbonyl (C=O) groups is 1. The fourth-order valence-corrected chi connectivity index (χ4v) is 2.19. The van der Waals surface area contributed by atoms with E-state index in [0.29, 0.717) is 22.8 Å². The van der Waals surface area contributed by atoms with Crippen molar-refractivity contribution in [1.29, 1.82) is 0 Å². The van der Waals surface area contributed by atoms with E-state index in [1.165, 1.54) is 0 Å².